The third kappa shape index (κ3) is 4.27. The number of carboxylic acid groups (broad SMARTS) is 1. The van der Waals surface area contributed by atoms with Gasteiger partial charge in [0.05, 0.1) is 17.4 Å². The van der Waals surface area contributed by atoms with Crippen molar-refractivity contribution in [1.29, 1.82) is 0 Å². The van der Waals surface area contributed by atoms with Crippen molar-refractivity contribution in [2.45, 2.75) is 16.0 Å². The van der Waals surface area contributed by atoms with Crippen LogP contribution in [-0.2, 0) is 4.79 Å². The molecular weight excluding hydrogens is 379 g/mol. The van der Waals surface area contributed by atoms with Gasteiger partial charge in [0.25, 0.3) is 5.91 Å². The number of carboxylic acids is 1. The molecule has 2 aromatic rings. The van der Waals surface area contributed by atoms with Crippen molar-refractivity contribution < 1.29 is 27.9 Å². The minimum atomic E-state index is -4.67. The molecule has 1 aliphatic rings. The Balaban J connectivity index is 1.85. The van der Waals surface area contributed by atoms with Crippen LogP contribution >= 0.6 is 11.8 Å². The van der Waals surface area contributed by atoms with Crippen molar-refractivity contribution in [3.05, 3.63) is 60.2 Å². The molecular formula is C19H16F3NO3S. The normalized spacial score (nSPS) is 19.9. The fourth-order valence-electron chi connectivity index (χ4n) is 3.07. The zero-order valence-electron chi connectivity index (χ0n) is 14.0. The monoisotopic (exact) mass is 395 g/mol. The number of nitrogens with zero attached hydrogens (tertiary/aromatic N) is 1. The lowest BCUT2D eigenvalue weighted by Crippen LogP contribution is -2.34. The van der Waals surface area contributed by atoms with Crippen LogP contribution in [0.4, 0.5) is 13.2 Å². The summed E-state index contributed by atoms with van der Waals surface area (Å²) in [5.41, 5.74) is 0.262. The number of hydrogen-bond acceptors (Lipinski definition) is 3. The largest absolute Gasteiger partial charge is 0.481 e. The molecule has 0 saturated carbocycles. The Morgan fingerprint density at radius 1 is 1.00 bits per heavy atom. The molecule has 2 atom stereocenters. The summed E-state index contributed by atoms with van der Waals surface area (Å²) in [5.74, 6) is -5.85. The van der Waals surface area contributed by atoms with Gasteiger partial charge in [0, 0.05) is 22.9 Å². The van der Waals surface area contributed by atoms with Crippen LogP contribution in [0.15, 0.2) is 64.4 Å². The second kappa shape index (κ2) is 7.64. The van der Waals surface area contributed by atoms with Gasteiger partial charge in [-0.3, -0.25) is 9.59 Å². The second-order valence-corrected chi connectivity index (χ2v) is 7.33. The van der Waals surface area contributed by atoms with Crippen LogP contribution in [0.1, 0.15) is 10.4 Å². The summed E-state index contributed by atoms with van der Waals surface area (Å²) in [7, 11) is 0. The van der Waals surface area contributed by atoms with Crippen molar-refractivity contribution in [3.63, 3.8) is 0 Å². The zero-order chi connectivity index (χ0) is 19.6. The van der Waals surface area contributed by atoms with Crippen molar-refractivity contribution in [2.24, 2.45) is 11.8 Å². The molecule has 0 unspecified atom stereocenters. The third-order valence-electron chi connectivity index (χ3n) is 4.43. The highest BCUT2D eigenvalue weighted by atomic mass is 32.2. The summed E-state index contributed by atoms with van der Waals surface area (Å²) in [6.07, 6.45) is -4.67. The smallest absolute Gasteiger partial charge is 0.394 e. The van der Waals surface area contributed by atoms with Gasteiger partial charge in [0.15, 0.2) is 0 Å². The maximum Gasteiger partial charge on any atom is 0.394 e. The first-order chi connectivity index (χ1) is 12.8. The van der Waals surface area contributed by atoms with Gasteiger partial charge in [-0.05, 0) is 24.3 Å². The van der Waals surface area contributed by atoms with Crippen molar-refractivity contribution in [1.82, 2.24) is 4.90 Å². The van der Waals surface area contributed by atoms with Crippen LogP contribution in [0.25, 0.3) is 0 Å². The van der Waals surface area contributed by atoms with E-state index >= 15 is 0 Å². The number of alkyl halides is 3. The van der Waals surface area contributed by atoms with Crippen LogP contribution in [0.3, 0.4) is 0 Å². The molecule has 1 heterocycles. The highest BCUT2D eigenvalue weighted by Crippen LogP contribution is 2.39. The molecule has 0 bridgehead atoms. The highest BCUT2D eigenvalue weighted by molar-refractivity contribution is 7.99. The summed E-state index contributed by atoms with van der Waals surface area (Å²) in [5, 5.41) is 9.12. The van der Waals surface area contributed by atoms with Crippen molar-refractivity contribution >= 4 is 23.6 Å². The first-order valence-electron chi connectivity index (χ1n) is 8.18. The quantitative estimate of drug-likeness (QED) is 0.844. The molecule has 3 rings (SSSR count). The minimum absolute atomic E-state index is 0.262. The molecule has 2 aromatic carbocycles. The average molecular weight is 395 g/mol. The van der Waals surface area contributed by atoms with Gasteiger partial charge in [-0.1, -0.05) is 42.1 Å². The van der Waals surface area contributed by atoms with E-state index in [1.807, 2.05) is 30.3 Å². The third-order valence-corrected chi connectivity index (χ3v) is 5.52. The van der Waals surface area contributed by atoms with Gasteiger partial charge in [0.2, 0.25) is 0 Å². The Labute approximate surface area is 158 Å². The van der Waals surface area contributed by atoms with Crippen molar-refractivity contribution in [3.8, 4) is 0 Å². The Hall–Kier alpha value is -2.48. The number of rotatable bonds is 4. The maximum atomic E-state index is 13.2. The average Bonchev–Trinajstić information content (AvgIpc) is 3.09. The summed E-state index contributed by atoms with van der Waals surface area (Å²) >= 11 is 1.33. The molecule has 1 aliphatic heterocycles. The molecule has 4 nitrogen and oxygen atoms in total. The first-order valence-corrected chi connectivity index (χ1v) is 8.99. The lowest BCUT2D eigenvalue weighted by atomic mass is 9.96. The van der Waals surface area contributed by atoms with Crippen LogP contribution in [0.5, 0.6) is 0 Å². The fourth-order valence-corrected chi connectivity index (χ4v) is 4.03. The fraction of sp³-hybridized carbons (Fsp3) is 0.263. The Morgan fingerprint density at radius 2 is 1.63 bits per heavy atom. The molecule has 8 heteroatoms. The molecule has 0 aliphatic carbocycles. The van der Waals surface area contributed by atoms with Gasteiger partial charge in [-0.25, -0.2) is 0 Å². The predicted octanol–water partition coefficient (Wildman–Crippen LogP) is 4.17. The van der Waals surface area contributed by atoms with E-state index in [1.165, 1.54) is 11.8 Å². The van der Waals surface area contributed by atoms with Crippen molar-refractivity contribution in [2.75, 3.05) is 13.1 Å². The summed E-state index contributed by atoms with van der Waals surface area (Å²) in [6, 6.07) is 15.9. The first kappa shape index (κ1) is 19.3. The number of carbonyl (C=O) groups is 2. The molecule has 1 N–H and O–H groups in total. The summed E-state index contributed by atoms with van der Waals surface area (Å²) in [4.78, 5) is 26.6. The van der Waals surface area contributed by atoms with E-state index in [4.69, 9.17) is 5.11 Å². The van der Waals surface area contributed by atoms with E-state index in [9.17, 15) is 22.8 Å². The molecule has 0 spiro atoms. The molecule has 1 amide bonds. The standard InChI is InChI=1S/C19H16F3NO3S/c20-19(21,22)15-11-23(10-14(15)18(25)26)17(24)13-8-4-5-9-16(13)27-12-6-2-1-3-7-12/h1-9,14-15H,10-11H2,(H,25,26)/t14-,15-/m1/s1. The number of halogens is 3. The molecule has 1 fully saturated rings. The van der Waals surface area contributed by atoms with E-state index in [2.05, 4.69) is 0 Å². The Kier molecular flexibility index (Phi) is 5.46. The topological polar surface area (TPSA) is 57.6 Å². The lowest BCUT2D eigenvalue weighted by molar-refractivity contribution is -0.187. The van der Waals surface area contributed by atoms with Gasteiger partial charge < -0.3 is 10.0 Å². The zero-order valence-corrected chi connectivity index (χ0v) is 14.8. The number of benzene rings is 2. The predicted molar refractivity (Wildman–Crippen MR) is 93.6 cm³/mol. The number of aliphatic carboxylic acids is 1. The van der Waals surface area contributed by atoms with Gasteiger partial charge in [-0.15, -0.1) is 0 Å². The molecule has 0 radical (unpaired) electrons. The molecule has 27 heavy (non-hydrogen) atoms. The minimum Gasteiger partial charge on any atom is -0.481 e. The lowest BCUT2D eigenvalue weighted by Gasteiger charge is -2.19. The van der Waals surface area contributed by atoms with Crippen LogP contribution < -0.4 is 0 Å². The molecule has 142 valence electrons. The van der Waals surface area contributed by atoms with Crippen LogP contribution in [0.2, 0.25) is 0 Å². The van der Waals surface area contributed by atoms with E-state index in [0.29, 0.717) is 4.90 Å². The Morgan fingerprint density at radius 3 is 2.22 bits per heavy atom. The summed E-state index contributed by atoms with van der Waals surface area (Å²) in [6.45, 7) is -1.10. The van der Waals surface area contributed by atoms with Crippen LogP contribution in [0, 0.1) is 11.8 Å². The van der Waals surface area contributed by atoms with Gasteiger partial charge in [-0.2, -0.15) is 13.2 Å². The van der Waals surface area contributed by atoms with E-state index < -0.39 is 43.0 Å². The SMILES string of the molecule is O=C(O)[C@@H]1CN(C(=O)c2ccccc2Sc2ccccc2)C[C@H]1C(F)(F)F. The highest BCUT2D eigenvalue weighted by Gasteiger charge is 2.53. The summed E-state index contributed by atoms with van der Waals surface area (Å²) < 4.78 is 39.5. The van der Waals surface area contributed by atoms with Gasteiger partial charge in [0.1, 0.15) is 0 Å². The molecule has 1 saturated heterocycles. The number of carbonyl (C=O) groups excluding carboxylic acids is 1. The van der Waals surface area contributed by atoms with E-state index in [0.717, 1.165) is 9.80 Å². The van der Waals surface area contributed by atoms with E-state index in [1.54, 1.807) is 24.3 Å². The second-order valence-electron chi connectivity index (χ2n) is 6.21. The molecule has 0 aromatic heterocycles. The number of likely N-dealkylation sites (tertiary alicyclic amines) is 1. The number of hydrogen-bond donors (Lipinski definition) is 1. The Bertz CT molecular complexity index is 842. The van der Waals surface area contributed by atoms with Crippen LogP contribution in [-0.4, -0.2) is 41.1 Å². The maximum absolute atomic E-state index is 13.2. The van der Waals surface area contributed by atoms with E-state index in [-0.39, 0.29) is 5.56 Å². The van der Waals surface area contributed by atoms with Gasteiger partial charge >= 0.3 is 12.1 Å². The number of amides is 1.